The van der Waals surface area contributed by atoms with Gasteiger partial charge in [0.25, 0.3) is 0 Å². The van der Waals surface area contributed by atoms with Gasteiger partial charge in [-0.05, 0) is 74.4 Å². The fourth-order valence-corrected chi connectivity index (χ4v) is 3.29. The molecule has 0 spiro atoms. The van der Waals surface area contributed by atoms with Crippen molar-refractivity contribution in [2.45, 2.75) is 35.7 Å². The number of hydrogen-bond acceptors (Lipinski definition) is 6. The fourth-order valence-electron chi connectivity index (χ4n) is 1.90. The molecule has 3 nitrogen and oxygen atoms in total. The molecule has 0 saturated heterocycles. The second-order valence-electron chi connectivity index (χ2n) is 5.61. The van der Waals surface area contributed by atoms with Gasteiger partial charge in [0.05, 0.1) is 10.1 Å². The van der Waals surface area contributed by atoms with E-state index < -0.39 is 0 Å². The minimum absolute atomic E-state index is 1.08. The van der Waals surface area contributed by atoms with Crippen LogP contribution in [0.5, 0.6) is 0 Å². The summed E-state index contributed by atoms with van der Waals surface area (Å²) in [5.74, 6) is 0. The first-order valence-corrected chi connectivity index (χ1v) is 12.1. The van der Waals surface area contributed by atoms with Gasteiger partial charge in [0.1, 0.15) is 0 Å². The Bertz CT molecular complexity index is 793. The maximum absolute atomic E-state index is 4.16. The standard InChI is InChI=1S/3C7H9NS/c1-6-3-7(9-2)5-8-4-6;1-6-3-4-7(9-2)8-5-6;1-6-4-3-5-8-7(6)9-2/h3*3-5H,1-2H3. The molecule has 144 valence electrons. The van der Waals surface area contributed by atoms with Crippen LogP contribution in [0.1, 0.15) is 16.7 Å². The summed E-state index contributed by atoms with van der Waals surface area (Å²) in [5, 5.41) is 2.21. The van der Waals surface area contributed by atoms with Crippen molar-refractivity contribution < 1.29 is 0 Å². The highest BCUT2D eigenvalue weighted by Crippen LogP contribution is 2.14. The first kappa shape index (κ1) is 23.5. The van der Waals surface area contributed by atoms with E-state index in [-0.39, 0.29) is 0 Å². The SMILES string of the molecule is CSc1ccc(C)cn1.CSc1cncc(C)c1.CSc1ncccc1C. The van der Waals surface area contributed by atoms with Crippen LogP contribution in [0.25, 0.3) is 0 Å². The molecule has 3 heterocycles. The molecule has 0 bridgehead atoms. The van der Waals surface area contributed by atoms with E-state index in [0.717, 1.165) is 10.1 Å². The summed E-state index contributed by atoms with van der Waals surface area (Å²) in [4.78, 5) is 13.6. The van der Waals surface area contributed by atoms with E-state index >= 15 is 0 Å². The van der Waals surface area contributed by atoms with Gasteiger partial charge in [-0.1, -0.05) is 12.1 Å². The normalized spacial score (nSPS) is 9.56. The van der Waals surface area contributed by atoms with Crippen LogP contribution in [-0.4, -0.2) is 33.7 Å². The van der Waals surface area contributed by atoms with E-state index in [2.05, 4.69) is 46.3 Å². The first-order chi connectivity index (χ1) is 13.0. The maximum atomic E-state index is 4.16. The van der Waals surface area contributed by atoms with E-state index in [1.807, 2.05) is 63.3 Å². The lowest BCUT2D eigenvalue weighted by Gasteiger charge is -1.96. The molecule has 0 radical (unpaired) electrons. The highest BCUT2D eigenvalue weighted by Gasteiger charge is 1.92. The molecule has 3 aromatic rings. The third-order valence-electron chi connectivity index (χ3n) is 3.33. The van der Waals surface area contributed by atoms with Gasteiger partial charge in [0.2, 0.25) is 0 Å². The average Bonchev–Trinajstić information content (AvgIpc) is 2.70. The van der Waals surface area contributed by atoms with Crippen molar-refractivity contribution in [1.82, 2.24) is 15.0 Å². The zero-order valence-electron chi connectivity index (χ0n) is 16.8. The van der Waals surface area contributed by atoms with Crippen LogP contribution >= 0.6 is 35.3 Å². The fraction of sp³-hybridized carbons (Fsp3) is 0.286. The number of aryl methyl sites for hydroxylation is 3. The molecular formula is C21H27N3S3. The number of pyridine rings is 3. The van der Waals surface area contributed by atoms with Crippen molar-refractivity contribution in [3.8, 4) is 0 Å². The second kappa shape index (κ2) is 13.6. The Morgan fingerprint density at radius 1 is 0.741 bits per heavy atom. The number of thioether (sulfide) groups is 3. The molecule has 0 fully saturated rings. The molecule has 0 aliphatic heterocycles. The van der Waals surface area contributed by atoms with Gasteiger partial charge in [-0.25, -0.2) is 9.97 Å². The zero-order chi connectivity index (χ0) is 20.1. The van der Waals surface area contributed by atoms with Gasteiger partial charge >= 0.3 is 0 Å². The summed E-state index contributed by atoms with van der Waals surface area (Å²) in [6.45, 7) is 6.16. The lowest BCUT2D eigenvalue weighted by Crippen LogP contribution is -1.80. The molecule has 0 aliphatic rings. The molecule has 0 amide bonds. The first-order valence-electron chi connectivity index (χ1n) is 8.38. The quantitative estimate of drug-likeness (QED) is 0.463. The van der Waals surface area contributed by atoms with Gasteiger partial charge < -0.3 is 0 Å². The Hall–Kier alpha value is -1.50. The second-order valence-corrected chi connectivity index (χ2v) is 8.11. The topological polar surface area (TPSA) is 38.7 Å². The highest BCUT2D eigenvalue weighted by molar-refractivity contribution is 7.99. The Morgan fingerprint density at radius 2 is 1.52 bits per heavy atom. The van der Waals surface area contributed by atoms with Gasteiger partial charge in [-0.2, -0.15) is 0 Å². The minimum Gasteiger partial charge on any atom is -0.263 e. The van der Waals surface area contributed by atoms with E-state index in [0.29, 0.717) is 0 Å². The van der Waals surface area contributed by atoms with Crippen LogP contribution in [0.15, 0.2) is 70.1 Å². The molecular weight excluding hydrogens is 390 g/mol. The summed E-state index contributed by atoms with van der Waals surface area (Å²) in [6, 6.07) is 10.2. The van der Waals surface area contributed by atoms with Gasteiger partial charge in [-0.3, -0.25) is 4.98 Å². The van der Waals surface area contributed by atoms with E-state index in [1.54, 1.807) is 35.3 Å². The molecule has 3 rings (SSSR count). The van der Waals surface area contributed by atoms with Gasteiger partial charge in [0, 0.05) is 29.7 Å². The summed E-state index contributed by atoms with van der Waals surface area (Å²) in [5.41, 5.74) is 3.69. The molecule has 0 aliphatic carbocycles. The van der Waals surface area contributed by atoms with E-state index in [1.165, 1.54) is 21.6 Å². The lowest BCUT2D eigenvalue weighted by atomic mass is 10.3. The van der Waals surface area contributed by atoms with Crippen LogP contribution < -0.4 is 0 Å². The van der Waals surface area contributed by atoms with Crippen molar-refractivity contribution in [2.24, 2.45) is 0 Å². The summed E-state index contributed by atoms with van der Waals surface area (Å²) < 4.78 is 0. The Balaban J connectivity index is 0.000000202. The van der Waals surface area contributed by atoms with Crippen molar-refractivity contribution in [1.29, 1.82) is 0 Å². The van der Waals surface area contributed by atoms with E-state index in [9.17, 15) is 0 Å². The zero-order valence-corrected chi connectivity index (χ0v) is 19.2. The van der Waals surface area contributed by atoms with Crippen LogP contribution in [0, 0.1) is 20.8 Å². The molecule has 0 saturated carbocycles. The Kier molecular flexibility index (Phi) is 11.9. The molecule has 0 unspecified atom stereocenters. The molecule has 27 heavy (non-hydrogen) atoms. The van der Waals surface area contributed by atoms with Crippen molar-refractivity contribution in [3.05, 3.63) is 71.8 Å². The minimum atomic E-state index is 1.08. The Labute approximate surface area is 176 Å². The number of rotatable bonds is 3. The van der Waals surface area contributed by atoms with Crippen LogP contribution in [0.3, 0.4) is 0 Å². The predicted molar refractivity (Wildman–Crippen MR) is 122 cm³/mol. The summed E-state index contributed by atoms with van der Waals surface area (Å²) >= 11 is 5.07. The molecule has 6 heteroatoms. The number of nitrogens with zero attached hydrogens (tertiary/aromatic N) is 3. The number of aromatic nitrogens is 3. The van der Waals surface area contributed by atoms with Crippen molar-refractivity contribution in [2.75, 3.05) is 18.8 Å². The van der Waals surface area contributed by atoms with E-state index in [4.69, 9.17) is 0 Å². The van der Waals surface area contributed by atoms with Crippen molar-refractivity contribution >= 4 is 35.3 Å². The monoisotopic (exact) mass is 417 g/mol. The van der Waals surface area contributed by atoms with Crippen LogP contribution in [0.4, 0.5) is 0 Å². The summed E-state index contributed by atoms with van der Waals surface area (Å²) in [6.07, 6.45) is 13.5. The van der Waals surface area contributed by atoms with Crippen LogP contribution in [0.2, 0.25) is 0 Å². The lowest BCUT2D eigenvalue weighted by molar-refractivity contribution is 1.08. The van der Waals surface area contributed by atoms with Gasteiger partial charge in [0.15, 0.2) is 0 Å². The number of hydrogen-bond donors (Lipinski definition) is 0. The molecule has 0 N–H and O–H groups in total. The third kappa shape index (κ3) is 9.84. The van der Waals surface area contributed by atoms with Crippen LogP contribution in [-0.2, 0) is 0 Å². The van der Waals surface area contributed by atoms with Gasteiger partial charge in [-0.15, -0.1) is 35.3 Å². The smallest absolute Gasteiger partial charge is 0.0986 e. The largest absolute Gasteiger partial charge is 0.263 e. The molecule has 0 atom stereocenters. The third-order valence-corrected chi connectivity index (χ3v) is 5.50. The molecule has 3 aromatic heterocycles. The molecule has 0 aromatic carbocycles. The predicted octanol–water partition coefficient (Wildman–Crippen LogP) is 6.34. The van der Waals surface area contributed by atoms with Crippen molar-refractivity contribution in [3.63, 3.8) is 0 Å². The summed E-state index contributed by atoms with van der Waals surface area (Å²) in [7, 11) is 0. The average molecular weight is 418 g/mol. The Morgan fingerprint density at radius 3 is 1.96 bits per heavy atom. The highest BCUT2D eigenvalue weighted by atomic mass is 32.2. The maximum Gasteiger partial charge on any atom is 0.0986 e.